The lowest BCUT2D eigenvalue weighted by Gasteiger charge is -2.25. The minimum Gasteiger partial charge on any atom is -0.351 e. The van der Waals surface area contributed by atoms with Gasteiger partial charge < -0.3 is 9.42 Å². The van der Waals surface area contributed by atoms with Gasteiger partial charge in [-0.3, -0.25) is 4.79 Å². The fourth-order valence-electron chi connectivity index (χ4n) is 2.04. The van der Waals surface area contributed by atoms with Crippen molar-refractivity contribution >= 4 is 17.2 Å². The molecule has 3 heterocycles. The molecule has 3 rings (SSSR count). The molecule has 17 heavy (non-hydrogen) atoms. The van der Waals surface area contributed by atoms with Crippen LogP contribution in [0.4, 0.5) is 0 Å². The minimum atomic E-state index is -0.0672. The maximum atomic E-state index is 12.1. The van der Waals surface area contributed by atoms with Gasteiger partial charge in [0.2, 0.25) is 5.76 Å². The van der Waals surface area contributed by atoms with Crippen LogP contribution in [-0.2, 0) is 13.0 Å². The molecule has 0 atom stereocenters. The highest BCUT2D eigenvalue weighted by Crippen LogP contribution is 2.25. The normalized spacial score (nSPS) is 14.8. The molecule has 0 radical (unpaired) electrons. The van der Waals surface area contributed by atoms with E-state index in [2.05, 4.69) is 16.6 Å². The predicted octanol–water partition coefficient (Wildman–Crippen LogP) is 2.24. The van der Waals surface area contributed by atoms with E-state index in [1.165, 1.54) is 10.4 Å². The molecule has 1 aliphatic rings. The van der Waals surface area contributed by atoms with Crippen molar-refractivity contribution in [2.45, 2.75) is 19.9 Å². The Morgan fingerprint density at radius 2 is 2.47 bits per heavy atom. The molecule has 2 aromatic heterocycles. The number of amides is 1. The summed E-state index contributed by atoms with van der Waals surface area (Å²) in [5, 5.41) is 5.83. The van der Waals surface area contributed by atoms with Crippen LogP contribution in [0.5, 0.6) is 0 Å². The molecule has 0 unspecified atom stereocenters. The summed E-state index contributed by atoms with van der Waals surface area (Å²) in [6.45, 7) is 3.25. The Labute approximate surface area is 103 Å². The van der Waals surface area contributed by atoms with Crippen molar-refractivity contribution < 1.29 is 9.32 Å². The van der Waals surface area contributed by atoms with E-state index in [0.29, 0.717) is 12.3 Å². The van der Waals surface area contributed by atoms with Gasteiger partial charge in [0, 0.05) is 24.0 Å². The van der Waals surface area contributed by atoms with Gasteiger partial charge in [0.15, 0.2) is 0 Å². The maximum Gasteiger partial charge on any atom is 0.292 e. The average molecular weight is 248 g/mol. The third-order valence-electron chi connectivity index (χ3n) is 2.93. The first-order chi connectivity index (χ1) is 8.24. The lowest BCUT2D eigenvalue weighted by Crippen LogP contribution is -2.35. The van der Waals surface area contributed by atoms with Crippen LogP contribution in [0.1, 0.15) is 26.7 Å². The van der Waals surface area contributed by atoms with Crippen molar-refractivity contribution in [1.82, 2.24) is 10.1 Å². The van der Waals surface area contributed by atoms with Crippen LogP contribution in [0.15, 0.2) is 22.0 Å². The van der Waals surface area contributed by atoms with Crippen LogP contribution in [0.25, 0.3) is 0 Å². The molecule has 0 fully saturated rings. The fraction of sp³-hybridized carbons (Fsp3) is 0.333. The Hall–Kier alpha value is -1.62. The van der Waals surface area contributed by atoms with Crippen molar-refractivity contribution in [1.29, 1.82) is 0 Å². The van der Waals surface area contributed by atoms with Crippen LogP contribution >= 0.6 is 11.3 Å². The molecule has 1 amide bonds. The van der Waals surface area contributed by atoms with E-state index in [1.807, 2.05) is 11.8 Å². The second-order valence-electron chi connectivity index (χ2n) is 4.18. The van der Waals surface area contributed by atoms with Gasteiger partial charge in [0.1, 0.15) is 0 Å². The van der Waals surface area contributed by atoms with Crippen molar-refractivity contribution in [3.8, 4) is 0 Å². The topological polar surface area (TPSA) is 46.3 Å². The molecular weight excluding hydrogens is 236 g/mol. The lowest BCUT2D eigenvalue weighted by molar-refractivity contribution is 0.0693. The summed E-state index contributed by atoms with van der Waals surface area (Å²) < 4.78 is 5.01. The number of carbonyl (C=O) groups excluding carboxylic acids is 1. The Morgan fingerprint density at radius 3 is 3.24 bits per heavy atom. The molecule has 88 valence electrons. The second-order valence-corrected chi connectivity index (χ2v) is 5.18. The Bertz CT molecular complexity index is 558. The zero-order valence-electron chi connectivity index (χ0n) is 9.47. The maximum absolute atomic E-state index is 12.1. The average Bonchev–Trinajstić information content (AvgIpc) is 2.95. The molecule has 2 aromatic rings. The van der Waals surface area contributed by atoms with Crippen molar-refractivity contribution in [2.24, 2.45) is 0 Å². The Kier molecular flexibility index (Phi) is 2.48. The smallest absolute Gasteiger partial charge is 0.292 e. The number of rotatable bonds is 1. The number of carbonyl (C=O) groups is 1. The quantitative estimate of drug-likeness (QED) is 0.777. The zero-order chi connectivity index (χ0) is 11.8. The molecule has 5 heteroatoms. The first-order valence-electron chi connectivity index (χ1n) is 5.52. The van der Waals surface area contributed by atoms with Crippen LogP contribution in [0.2, 0.25) is 0 Å². The first kappa shape index (κ1) is 10.5. The number of aromatic nitrogens is 1. The molecule has 0 saturated carbocycles. The summed E-state index contributed by atoms with van der Waals surface area (Å²) in [7, 11) is 0. The summed E-state index contributed by atoms with van der Waals surface area (Å²) in [5.74, 6) is 0.267. The molecular formula is C12H12N2O2S. The van der Waals surface area contributed by atoms with Gasteiger partial charge in [-0.25, -0.2) is 0 Å². The van der Waals surface area contributed by atoms with Crippen LogP contribution in [0, 0.1) is 6.92 Å². The monoisotopic (exact) mass is 248 g/mol. The van der Waals surface area contributed by atoms with Gasteiger partial charge in [-0.15, -0.1) is 11.3 Å². The number of thiophene rings is 1. The van der Waals surface area contributed by atoms with Gasteiger partial charge in [-0.2, -0.15) is 0 Å². The van der Waals surface area contributed by atoms with Crippen molar-refractivity contribution in [3.05, 3.63) is 39.4 Å². The predicted molar refractivity (Wildman–Crippen MR) is 64.0 cm³/mol. The third-order valence-corrected chi connectivity index (χ3v) is 3.96. The number of aryl methyl sites for hydroxylation is 1. The van der Waals surface area contributed by atoms with Crippen LogP contribution in [-0.4, -0.2) is 22.5 Å². The zero-order valence-corrected chi connectivity index (χ0v) is 10.3. The SMILES string of the molecule is Cc1cc(C(=O)N2CCc3sccc3C2)on1. The molecule has 0 saturated heterocycles. The van der Waals surface area contributed by atoms with Gasteiger partial charge in [0.05, 0.1) is 5.69 Å². The molecule has 0 aromatic carbocycles. The van der Waals surface area contributed by atoms with E-state index in [4.69, 9.17) is 4.52 Å². The highest BCUT2D eigenvalue weighted by molar-refractivity contribution is 7.10. The number of hydrogen-bond acceptors (Lipinski definition) is 4. The molecule has 0 N–H and O–H groups in total. The minimum absolute atomic E-state index is 0.0672. The van der Waals surface area contributed by atoms with E-state index in [9.17, 15) is 4.79 Å². The van der Waals surface area contributed by atoms with E-state index in [-0.39, 0.29) is 5.91 Å². The molecule has 1 aliphatic heterocycles. The summed E-state index contributed by atoms with van der Waals surface area (Å²) in [4.78, 5) is 15.3. The number of nitrogens with zero attached hydrogens (tertiary/aromatic N) is 2. The van der Waals surface area contributed by atoms with Gasteiger partial charge in [-0.05, 0) is 30.4 Å². The van der Waals surface area contributed by atoms with Gasteiger partial charge in [-0.1, -0.05) is 5.16 Å². The lowest BCUT2D eigenvalue weighted by atomic mass is 10.1. The Balaban J connectivity index is 1.81. The van der Waals surface area contributed by atoms with Crippen molar-refractivity contribution in [2.75, 3.05) is 6.54 Å². The van der Waals surface area contributed by atoms with Crippen LogP contribution < -0.4 is 0 Å². The van der Waals surface area contributed by atoms with E-state index in [0.717, 1.165) is 18.7 Å². The first-order valence-corrected chi connectivity index (χ1v) is 6.40. The second kappa shape index (κ2) is 4.00. The highest BCUT2D eigenvalue weighted by Gasteiger charge is 2.24. The summed E-state index contributed by atoms with van der Waals surface area (Å²) in [6, 6.07) is 3.77. The largest absolute Gasteiger partial charge is 0.351 e. The molecule has 0 aliphatic carbocycles. The number of hydrogen-bond donors (Lipinski definition) is 0. The molecule has 0 spiro atoms. The van der Waals surface area contributed by atoms with E-state index < -0.39 is 0 Å². The molecule has 0 bridgehead atoms. The fourth-order valence-corrected chi connectivity index (χ4v) is 2.93. The summed E-state index contributed by atoms with van der Waals surface area (Å²) in [6.07, 6.45) is 0.936. The Morgan fingerprint density at radius 1 is 1.59 bits per heavy atom. The highest BCUT2D eigenvalue weighted by atomic mass is 32.1. The van der Waals surface area contributed by atoms with Gasteiger partial charge >= 0.3 is 0 Å². The van der Waals surface area contributed by atoms with Gasteiger partial charge in [0.25, 0.3) is 5.91 Å². The third kappa shape index (κ3) is 1.86. The van der Waals surface area contributed by atoms with E-state index >= 15 is 0 Å². The summed E-state index contributed by atoms with van der Waals surface area (Å²) in [5.41, 5.74) is 1.99. The van der Waals surface area contributed by atoms with Crippen molar-refractivity contribution in [3.63, 3.8) is 0 Å². The molecule has 4 nitrogen and oxygen atoms in total. The number of fused-ring (bicyclic) bond motifs is 1. The summed E-state index contributed by atoms with van der Waals surface area (Å²) >= 11 is 1.77. The van der Waals surface area contributed by atoms with Crippen LogP contribution in [0.3, 0.4) is 0 Å². The van der Waals surface area contributed by atoms with E-state index in [1.54, 1.807) is 17.4 Å². The standard InChI is InChI=1S/C12H12N2O2S/c1-8-6-10(16-13-8)12(15)14-4-2-11-9(7-14)3-5-17-11/h3,5-6H,2,4,7H2,1H3.